The third-order valence-corrected chi connectivity index (χ3v) is 9.77. The van der Waals surface area contributed by atoms with Crippen molar-refractivity contribution in [3.05, 3.63) is 89.0 Å². The maximum absolute atomic E-state index is 14.3. The van der Waals surface area contributed by atoms with Gasteiger partial charge in [-0.2, -0.15) is 0 Å². The molecule has 3 aromatic carbocycles. The number of anilines is 1. The molecule has 0 radical (unpaired) electrons. The Morgan fingerprint density at radius 3 is 2.07 bits per heavy atom. The first-order valence-electron chi connectivity index (χ1n) is 14.9. The van der Waals surface area contributed by atoms with Crippen LogP contribution in [-0.4, -0.2) is 50.9 Å². The van der Waals surface area contributed by atoms with Crippen molar-refractivity contribution in [3.8, 4) is 5.75 Å². The number of carbonyl (C=O) groups is 2. The first-order valence-corrected chi connectivity index (χ1v) is 16.4. The second-order valence-electron chi connectivity index (χ2n) is 11.5. The van der Waals surface area contributed by atoms with Gasteiger partial charge in [-0.25, -0.2) is 8.42 Å². The second-order valence-corrected chi connectivity index (χ2v) is 13.3. The lowest BCUT2D eigenvalue weighted by molar-refractivity contribution is -0.140. The lowest BCUT2D eigenvalue weighted by atomic mass is 10.1. The van der Waals surface area contributed by atoms with Gasteiger partial charge in [0.25, 0.3) is 10.0 Å². The van der Waals surface area contributed by atoms with Crippen molar-refractivity contribution >= 4 is 27.5 Å². The Balaban J connectivity index is 1.73. The van der Waals surface area contributed by atoms with Gasteiger partial charge in [0.1, 0.15) is 18.3 Å². The van der Waals surface area contributed by atoms with Crippen molar-refractivity contribution < 1.29 is 22.7 Å². The van der Waals surface area contributed by atoms with Crippen molar-refractivity contribution in [1.29, 1.82) is 0 Å². The molecule has 1 aliphatic carbocycles. The molecule has 0 aliphatic heterocycles. The van der Waals surface area contributed by atoms with E-state index in [0.29, 0.717) is 17.9 Å². The lowest BCUT2D eigenvalue weighted by Gasteiger charge is -2.34. The van der Waals surface area contributed by atoms with Crippen LogP contribution in [0.1, 0.15) is 61.3 Å². The SMILES string of the molecule is CC[C@H](C(=O)NC1CCCC1)N(Cc1ccc(OC)cc1)C(=O)CN(c1cc(C)cc(C)c1)S(=O)(=O)c1ccc(C)cc1. The molecule has 0 bridgehead atoms. The summed E-state index contributed by atoms with van der Waals surface area (Å²) in [7, 11) is -2.53. The number of benzene rings is 3. The molecule has 9 heteroatoms. The fourth-order valence-electron chi connectivity index (χ4n) is 5.68. The fraction of sp³-hybridized carbons (Fsp3) is 0.412. The smallest absolute Gasteiger partial charge is 0.264 e. The topological polar surface area (TPSA) is 96.0 Å². The van der Waals surface area contributed by atoms with Crippen LogP contribution in [0.5, 0.6) is 5.75 Å². The van der Waals surface area contributed by atoms with Gasteiger partial charge in [0.05, 0.1) is 17.7 Å². The van der Waals surface area contributed by atoms with E-state index in [9.17, 15) is 18.0 Å². The number of sulfonamides is 1. The monoisotopic (exact) mass is 605 g/mol. The summed E-state index contributed by atoms with van der Waals surface area (Å²) in [5.41, 5.74) is 3.89. The highest BCUT2D eigenvalue weighted by atomic mass is 32.2. The van der Waals surface area contributed by atoms with Crippen molar-refractivity contribution in [2.45, 2.75) is 83.3 Å². The minimum absolute atomic E-state index is 0.0909. The fourth-order valence-corrected chi connectivity index (χ4v) is 7.07. The van der Waals surface area contributed by atoms with E-state index >= 15 is 0 Å². The standard InChI is InChI=1S/C34H43N3O5S/c1-6-32(34(39)35-28-9-7-8-10-28)36(22-27-13-15-30(42-5)16-14-27)33(38)23-37(29-20-25(3)19-26(4)21-29)43(40,41)31-17-11-24(2)12-18-31/h11-21,28,32H,6-10,22-23H2,1-5H3,(H,35,39)/t32-/m1/s1. The third kappa shape index (κ3) is 7.96. The summed E-state index contributed by atoms with van der Waals surface area (Å²) in [6.07, 6.45) is 4.36. The first kappa shape index (κ1) is 32.1. The van der Waals surface area contributed by atoms with Crippen LogP contribution < -0.4 is 14.4 Å². The van der Waals surface area contributed by atoms with Crippen LogP contribution in [0.3, 0.4) is 0 Å². The summed E-state index contributed by atoms with van der Waals surface area (Å²) in [6, 6.07) is 18.7. The second kappa shape index (κ2) is 14.1. The van der Waals surface area contributed by atoms with E-state index in [-0.39, 0.29) is 23.4 Å². The minimum atomic E-state index is -4.12. The van der Waals surface area contributed by atoms with Gasteiger partial charge in [0.2, 0.25) is 11.8 Å². The van der Waals surface area contributed by atoms with Gasteiger partial charge in [-0.3, -0.25) is 13.9 Å². The average molecular weight is 606 g/mol. The highest BCUT2D eigenvalue weighted by Gasteiger charge is 2.34. The summed E-state index contributed by atoms with van der Waals surface area (Å²) in [6.45, 7) is 7.24. The van der Waals surface area contributed by atoms with E-state index in [1.165, 1.54) is 9.21 Å². The molecule has 1 fully saturated rings. The highest BCUT2D eigenvalue weighted by molar-refractivity contribution is 7.92. The summed E-state index contributed by atoms with van der Waals surface area (Å²) in [5.74, 6) is 0.00696. The summed E-state index contributed by atoms with van der Waals surface area (Å²) < 4.78 is 34.7. The maximum Gasteiger partial charge on any atom is 0.264 e. The van der Waals surface area contributed by atoms with Crippen LogP contribution in [0.15, 0.2) is 71.6 Å². The van der Waals surface area contributed by atoms with E-state index in [1.807, 2.05) is 45.9 Å². The van der Waals surface area contributed by atoms with Crippen LogP contribution >= 0.6 is 0 Å². The van der Waals surface area contributed by atoms with Gasteiger partial charge >= 0.3 is 0 Å². The Hall–Kier alpha value is -3.85. The van der Waals surface area contributed by atoms with Crippen LogP contribution in [0.4, 0.5) is 5.69 Å². The normalized spacial score (nSPS) is 14.3. The number of hydrogen-bond donors (Lipinski definition) is 1. The Morgan fingerprint density at radius 1 is 0.907 bits per heavy atom. The molecule has 1 aliphatic rings. The van der Waals surface area contributed by atoms with Gasteiger partial charge in [0, 0.05) is 12.6 Å². The van der Waals surface area contributed by atoms with Crippen molar-refractivity contribution in [3.63, 3.8) is 0 Å². The highest BCUT2D eigenvalue weighted by Crippen LogP contribution is 2.27. The summed E-state index contributed by atoms with van der Waals surface area (Å²) >= 11 is 0. The molecule has 8 nitrogen and oxygen atoms in total. The van der Waals surface area contributed by atoms with Crippen LogP contribution in [-0.2, 0) is 26.2 Å². The zero-order valence-corrected chi connectivity index (χ0v) is 26.6. The Bertz CT molecular complexity index is 1490. The number of amides is 2. The largest absolute Gasteiger partial charge is 0.497 e. The van der Waals surface area contributed by atoms with Gasteiger partial charge in [0.15, 0.2) is 0 Å². The lowest BCUT2D eigenvalue weighted by Crippen LogP contribution is -2.53. The van der Waals surface area contributed by atoms with E-state index in [4.69, 9.17) is 4.74 Å². The molecule has 0 aromatic heterocycles. The number of carbonyl (C=O) groups excluding carboxylic acids is 2. The van der Waals surface area contributed by atoms with Crippen molar-refractivity contribution in [2.24, 2.45) is 0 Å². The van der Waals surface area contributed by atoms with E-state index in [2.05, 4.69) is 5.32 Å². The minimum Gasteiger partial charge on any atom is -0.497 e. The first-order chi connectivity index (χ1) is 20.5. The Morgan fingerprint density at radius 2 is 1.51 bits per heavy atom. The van der Waals surface area contributed by atoms with Crippen LogP contribution in [0, 0.1) is 20.8 Å². The summed E-state index contributed by atoms with van der Waals surface area (Å²) in [4.78, 5) is 29.5. The predicted octanol–water partition coefficient (Wildman–Crippen LogP) is 5.68. The predicted molar refractivity (Wildman–Crippen MR) is 170 cm³/mol. The molecule has 1 saturated carbocycles. The number of methoxy groups -OCH3 is 1. The molecule has 0 saturated heterocycles. The molecule has 0 spiro atoms. The third-order valence-electron chi connectivity index (χ3n) is 7.98. The quantitative estimate of drug-likeness (QED) is 0.287. The molecule has 4 rings (SSSR count). The molecule has 1 atom stereocenters. The van der Waals surface area contributed by atoms with Crippen LogP contribution in [0.25, 0.3) is 0 Å². The number of nitrogens with one attached hydrogen (secondary N) is 1. The van der Waals surface area contributed by atoms with Crippen molar-refractivity contribution in [2.75, 3.05) is 18.0 Å². The molecule has 2 amide bonds. The maximum atomic E-state index is 14.3. The number of rotatable bonds is 12. The summed E-state index contributed by atoms with van der Waals surface area (Å²) in [5, 5.41) is 3.15. The van der Waals surface area contributed by atoms with Crippen molar-refractivity contribution in [1.82, 2.24) is 10.2 Å². The van der Waals surface area contributed by atoms with Gasteiger partial charge in [-0.15, -0.1) is 0 Å². The Kier molecular flexibility index (Phi) is 10.5. The number of aryl methyl sites for hydroxylation is 3. The molecular weight excluding hydrogens is 562 g/mol. The van der Waals surface area contributed by atoms with Gasteiger partial charge in [-0.1, -0.05) is 55.7 Å². The van der Waals surface area contributed by atoms with E-state index < -0.39 is 28.5 Å². The molecule has 3 aromatic rings. The zero-order valence-electron chi connectivity index (χ0n) is 25.8. The molecular formula is C34H43N3O5S. The number of ether oxygens (including phenoxy) is 1. The molecule has 1 N–H and O–H groups in total. The molecule has 0 heterocycles. The van der Waals surface area contributed by atoms with E-state index in [0.717, 1.165) is 47.9 Å². The number of hydrogen-bond acceptors (Lipinski definition) is 5. The molecule has 0 unspecified atom stereocenters. The Labute approximate surface area is 256 Å². The zero-order chi connectivity index (χ0) is 31.1. The van der Waals surface area contributed by atoms with Gasteiger partial charge < -0.3 is 15.0 Å². The van der Waals surface area contributed by atoms with E-state index in [1.54, 1.807) is 55.6 Å². The molecule has 230 valence electrons. The average Bonchev–Trinajstić information content (AvgIpc) is 3.48. The van der Waals surface area contributed by atoms with Gasteiger partial charge in [-0.05, 0) is 93.1 Å². The number of nitrogens with zero attached hydrogens (tertiary/aromatic N) is 2. The molecule has 43 heavy (non-hydrogen) atoms. The van der Waals surface area contributed by atoms with Crippen LogP contribution in [0.2, 0.25) is 0 Å².